The smallest absolute Gasteiger partial charge is 0.419 e. The molecule has 0 spiro atoms. The molecule has 2 aromatic carbocycles. The lowest BCUT2D eigenvalue weighted by molar-refractivity contribution is -0.140. The number of aromatic amines is 1. The average molecular weight is 404 g/mol. The molecule has 0 aliphatic heterocycles. The van der Waals surface area contributed by atoms with Gasteiger partial charge in [-0.15, -0.1) is 0 Å². The Labute approximate surface area is 152 Å². The van der Waals surface area contributed by atoms with Gasteiger partial charge in [0, 0.05) is 12.1 Å². The standard InChI is InChI=1S/C17H10F6N2OS/c18-11-7-14(12(19)6-10(11)17(21,22)23)25-27(26)15-8-13(24-16(15)20)9-4-2-1-3-5-9/h1-8,24-25H. The van der Waals surface area contributed by atoms with Crippen LogP contribution in [0, 0.1) is 17.6 Å². The van der Waals surface area contributed by atoms with E-state index in [-0.39, 0.29) is 17.8 Å². The van der Waals surface area contributed by atoms with Crippen LogP contribution in [0.25, 0.3) is 11.3 Å². The Hall–Kier alpha value is -2.59. The second kappa shape index (κ2) is 7.20. The Morgan fingerprint density at radius 1 is 0.926 bits per heavy atom. The maximum atomic E-state index is 14.0. The maximum absolute atomic E-state index is 14.0. The minimum atomic E-state index is -5.08. The Morgan fingerprint density at radius 2 is 1.59 bits per heavy atom. The molecule has 0 radical (unpaired) electrons. The van der Waals surface area contributed by atoms with E-state index in [2.05, 4.69) is 4.98 Å². The largest absolute Gasteiger partial charge is 0.588 e. The number of aromatic nitrogens is 1. The molecule has 3 rings (SSSR count). The molecule has 1 atom stereocenters. The van der Waals surface area contributed by atoms with Gasteiger partial charge in [0.2, 0.25) is 10.8 Å². The Bertz CT molecular complexity index is 958. The molecular weight excluding hydrogens is 394 g/mol. The fourth-order valence-electron chi connectivity index (χ4n) is 2.32. The van der Waals surface area contributed by atoms with Gasteiger partial charge >= 0.3 is 6.18 Å². The van der Waals surface area contributed by atoms with Crippen LogP contribution in [0.4, 0.5) is 32.0 Å². The lowest BCUT2D eigenvalue weighted by atomic mass is 10.2. The van der Waals surface area contributed by atoms with Crippen molar-refractivity contribution in [3.63, 3.8) is 0 Å². The van der Waals surface area contributed by atoms with Crippen LogP contribution in [0.2, 0.25) is 0 Å². The van der Waals surface area contributed by atoms with Crippen molar-refractivity contribution in [2.45, 2.75) is 11.1 Å². The van der Waals surface area contributed by atoms with Gasteiger partial charge < -0.3 is 9.54 Å². The van der Waals surface area contributed by atoms with Crippen LogP contribution in [0.5, 0.6) is 0 Å². The van der Waals surface area contributed by atoms with E-state index in [1.165, 1.54) is 6.07 Å². The normalized spacial score (nSPS) is 12.9. The molecule has 0 saturated carbocycles. The highest BCUT2D eigenvalue weighted by Crippen LogP contribution is 2.34. The van der Waals surface area contributed by atoms with Gasteiger partial charge in [-0.3, -0.25) is 0 Å². The van der Waals surface area contributed by atoms with Crippen molar-refractivity contribution in [1.29, 1.82) is 0 Å². The Kier molecular flexibility index (Phi) is 5.11. The van der Waals surface area contributed by atoms with Gasteiger partial charge in [0.15, 0.2) is 5.82 Å². The molecule has 2 N–H and O–H groups in total. The molecule has 0 amide bonds. The van der Waals surface area contributed by atoms with Gasteiger partial charge in [-0.05, 0) is 11.6 Å². The summed E-state index contributed by atoms with van der Waals surface area (Å²) in [7, 11) is 0. The van der Waals surface area contributed by atoms with Crippen LogP contribution in [0.3, 0.4) is 0 Å². The molecular formula is C17H10F6N2OS. The van der Waals surface area contributed by atoms with E-state index >= 15 is 0 Å². The predicted molar refractivity (Wildman–Crippen MR) is 87.6 cm³/mol. The van der Waals surface area contributed by atoms with E-state index in [4.69, 9.17) is 0 Å². The lowest BCUT2D eigenvalue weighted by Crippen LogP contribution is -2.16. The van der Waals surface area contributed by atoms with Crippen molar-refractivity contribution in [2.75, 3.05) is 4.72 Å². The van der Waals surface area contributed by atoms with Crippen LogP contribution in [0.1, 0.15) is 5.56 Å². The van der Waals surface area contributed by atoms with Crippen LogP contribution in [-0.2, 0) is 17.5 Å². The van der Waals surface area contributed by atoms with Gasteiger partial charge in [0.05, 0.1) is 11.3 Å². The molecule has 0 saturated heterocycles. The van der Waals surface area contributed by atoms with Crippen molar-refractivity contribution in [3.05, 3.63) is 71.7 Å². The first kappa shape index (κ1) is 19.2. The third-order valence-corrected chi connectivity index (χ3v) is 4.69. The van der Waals surface area contributed by atoms with Crippen molar-refractivity contribution in [3.8, 4) is 11.3 Å². The number of alkyl halides is 3. The minimum Gasteiger partial charge on any atom is -0.588 e. The topological polar surface area (TPSA) is 50.9 Å². The van der Waals surface area contributed by atoms with Gasteiger partial charge in [0.25, 0.3) is 0 Å². The summed E-state index contributed by atoms with van der Waals surface area (Å²) < 4.78 is 93.4. The van der Waals surface area contributed by atoms with Crippen LogP contribution < -0.4 is 4.72 Å². The number of hydrogen-bond acceptors (Lipinski definition) is 2. The average Bonchev–Trinajstić information content (AvgIpc) is 2.99. The summed E-state index contributed by atoms with van der Waals surface area (Å²) in [6, 6.07) is 9.83. The lowest BCUT2D eigenvalue weighted by Gasteiger charge is -2.13. The van der Waals surface area contributed by atoms with Gasteiger partial charge in [-0.25, -0.2) is 13.5 Å². The Morgan fingerprint density at radius 3 is 2.22 bits per heavy atom. The summed E-state index contributed by atoms with van der Waals surface area (Å²) in [5.41, 5.74) is -1.71. The summed E-state index contributed by atoms with van der Waals surface area (Å²) >= 11 is -2.39. The molecule has 0 bridgehead atoms. The highest BCUT2D eigenvalue weighted by Gasteiger charge is 2.35. The molecule has 142 valence electrons. The SMILES string of the molecule is [O-][S+](Nc1cc(F)c(C(F)(F)F)cc1F)c1cc(-c2ccccc2)[nH]c1F. The third-order valence-electron chi connectivity index (χ3n) is 3.59. The zero-order valence-corrected chi connectivity index (χ0v) is 14.0. The molecule has 27 heavy (non-hydrogen) atoms. The van der Waals surface area contributed by atoms with E-state index in [1.807, 2.05) is 4.72 Å². The maximum Gasteiger partial charge on any atom is 0.419 e. The first-order chi connectivity index (χ1) is 12.7. The van der Waals surface area contributed by atoms with E-state index in [9.17, 15) is 30.9 Å². The number of rotatable bonds is 4. The molecule has 0 aliphatic rings. The molecule has 1 heterocycles. The molecule has 1 aromatic heterocycles. The summed E-state index contributed by atoms with van der Waals surface area (Å²) in [5, 5.41) is 0. The summed E-state index contributed by atoms with van der Waals surface area (Å²) in [6.45, 7) is 0. The molecule has 0 aliphatic carbocycles. The predicted octanol–water partition coefficient (Wildman–Crippen LogP) is 5.25. The van der Waals surface area contributed by atoms with Gasteiger partial charge in [-0.1, -0.05) is 30.3 Å². The highest BCUT2D eigenvalue weighted by atomic mass is 32.2. The van der Waals surface area contributed by atoms with Gasteiger partial charge in [0.1, 0.15) is 22.9 Å². The fourth-order valence-corrected chi connectivity index (χ4v) is 3.22. The summed E-state index contributed by atoms with van der Waals surface area (Å²) in [6.07, 6.45) is -5.08. The monoisotopic (exact) mass is 404 g/mol. The van der Waals surface area contributed by atoms with E-state index in [0.29, 0.717) is 5.56 Å². The van der Waals surface area contributed by atoms with Crippen LogP contribution in [0.15, 0.2) is 53.4 Å². The number of halogens is 6. The van der Waals surface area contributed by atoms with Gasteiger partial charge in [-0.2, -0.15) is 17.6 Å². The van der Waals surface area contributed by atoms with Crippen molar-refractivity contribution < 1.29 is 30.9 Å². The highest BCUT2D eigenvalue weighted by molar-refractivity contribution is 7.92. The number of H-pyrrole nitrogens is 1. The number of benzene rings is 2. The quantitative estimate of drug-likeness (QED) is 0.461. The van der Waals surface area contributed by atoms with Crippen molar-refractivity contribution >= 4 is 17.0 Å². The molecule has 3 aromatic rings. The van der Waals surface area contributed by atoms with E-state index in [1.54, 1.807) is 30.3 Å². The first-order valence-electron chi connectivity index (χ1n) is 7.35. The summed E-state index contributed by atoms with van der Waals surface area (Å²) in [5.74, 6) is -4.20. The van der Waals surface area contributed by atoms with E-state index in [0.717, 1.165) is 0 Å². The second-order valence-corrected chi connectivity index (χ2v) is 6.59. The zero-order chi connectivity index (χ0) is 19.8. The fraction of sp³-hybridized carbons (Fsp3) is 0.0588. The van der Waals surface area contributed by atoms with Crippen LogP contribution in [-0.4, -0.2) is 9.54 Å². The first-order valence-corrected chi connectivity index (χ1v) is 8.50. The van der Waals surface area contributed by atoms with Crippen molar-refractivity contribution in [2.24, 2.45) is 0 Å². The van der Waals surface area contributed by atoms with Crippen LogP contribution >= 0.6 is 0 Å². The molecule has 1 unspecified atom stereocenters. The Balaban J connectivity index is 1.87. The molecule has 10 heteroatoms. The van der Waals surface area contributed by atoms with Crippen molar-refractivity contribution in [1.82, 2.24) is 4.98 Å². The minimum absolute atomic E-state index is 0.0578. The van der Waals surface area contributed by atoms with E-state index < -0.39 is 51.3 Å². The zero-order valence-electron chi connectivity index (χ0n) is 13.2. The third kappa shape index (κ3) is 4.06. The summed E-state index contributed by atoms with van der Waals surface area (Å²) in [4.78, 5) is 1.97. The number of anilines is 1. The number of nitrogens with one attached hydrogen (secondary N) is 2. The molecule has 3 nitrogen and oxygen atoms in total. The second-order valence-electron chi connectivity index (χ2n) is 5.41. The number of hydrogen-bond donors (Lipinski definition) is 2. The molecule has 0 fully saturated rings.